The molecule has 0 aliphatic carbocycles. The molecule has 0 saturated heterocycles. The SMILES string of the molecule is C#CCn1ncc(Cl)c(NCC(C)(C)CCOC)c1=O. The summed E-state index contributed by atoms with van der Waals surface area (Å²) in [7, 11) is 1.67. The molecule has 20 heavy (non-hydrogen) atoms. The number of ether oxygens (including phenoxy) is 1. The summed E-state index contributed by atoms with van der Waals surface area (Å²) in [6.07, 6.45) is 7.49. The van der Waals surface area contributed by atoms with E-state index in [-0.39, 0.29) is 17.5 Å². The number of halogens is 1. The molecular formula is C14H20ClN3O2. The second-order valence-corrected chi connectivity index (χ2v) is 5.70. The van der Waals surface area contributed by atoms with Crippen LogP contribution in [0.15, 0.2) is 11.0 Å². The Morgan fingerprint density at radius 3 is 2.90 bits per heavy atom. The molecule has 1 aromatic rings. The summed E-state index contributed by atoms with van der Waals surface area (Å²) in [5.74, 6) is 2.38. The Kier molecular flexibility index (Phi) is 6.05. The fourth-order valence-corrected chi connectivity index (χ4v) is 1.81. The van der Waals surface area contributed by atoms with Gasteiger partial charge in [0.1, 0.15) is 12.2 Å². The van der Waals surface area contributed by atoms with E-state index in [1.165, 1.54) is 10.9 Å². The quantitative estimate of drug-likeness (QED) is 0.782. The molecule has 0 aliphatic heterocycles. The first-order valence-corrected chi connectivity index (χ1v) is 6.71. The molecule has 1 aromatic heterocycles. The Bertz CT molecular complexity index is 546. The lowest BCUT2D eigenvalue weighted by Crippen LogP contribution is -2.30. The lowest BCUT2D eigenvalue weighted by molar-refractivity contribution is 0.157. The van der Waals surface area contributed by atoms with Crippen LogP contribution in [-0.2, 0) is 11.3 Å². The third-order valence-electron chi connectivity index (χ3n) is 2.97. The minimum atomic E-state index is -0.307. The Labute approximate surface area is 124 Å². The fourth-order valence-electron chi connectivity index (χ4n) is 1.62. The average Bonchev–Trinajstić information content (AvgIpc) is 2.40. The van der Waals surface area contributed by atoms with E-state index in [0.29, 0.717) is 23.9 Å². The highest BCUT2D eigenvalue weighted by atomic mass is 35.5. The highest BCUT2D eigenvalue weighted by Crippen LogP contribution is 2.22. The molecular weight excluding hydrogens is 278 g/mol. The van der Waals surface area contributed by atoms with E-state index in [0.717, 1.165) is 6.42 Å². The zero-order valence-electron chi connectivity index (χ0n) is 12.1. The van der Waals surface area contributed by atoms with Gasteiger partial charge in [-0.25, -0.2) is 4.68 Å². The normalized spacial score (nSPS) is 11.2. The van der Waals surface area contributed by atoms with Gasteiger partial charge in [0.25, 0.3) is 5.56 Å². The molecule has 0 radical (unpaired) electrons. The van der Waals surface area contributed by atoms with Gasteiger partial charge in [-0.3, -0.25) is 4.79 Å². The molecule has 0 aromatic carbocycles. The molecule has 0 atom stereocenters. The van der Waals surface area contributed by atoms with Crippen molar-refractivity contribution in [3.05, 3.63) is 21.6 Å². The maximum absolute atomic E-state index is 12.1. The minimum Gasteiger partial charge on any atom is -0.385 e. The van der Waals surface area contributed by atoms with E-state index < -0.39 is 0 Å². The molecule has 1 N–H and O–H groups in total. The number of rotatable bonds is 7. The smallest absolute Gasteiger partial charge is 0.292 e. The van der Waals surface area contributed by atoms with Crippen LogP contribution in [0.3, 0.4) is 0 Å². The van der Waals surface area contributed by atoms with Crippen molar-refractivity contribution in [1.29, 1.82) is 0 Å². The number of terminal acetylenes is 1. The number of aromatic nitrogens is 2. The lowest BCUT2D eigenvalue weighted by atomic mass is 9.89. The zero-order chi connectivity index (χ0) is 15.2. The largest absolute Gasteiger partial charge is 0.385 e. The molecule has 0 amide bonds. The van der Waals surface area contributed by atoms with Crippen LogP contribution in [0.1, 0.15) is 20.3 Å². The summed E-state index contributed by atoms with van der Waals surface area (Å²) in [5.41, 5.74) is 0.00632. The standard InChI is InChI=1S/C14H20ClN3O2/c1-5-7-18-13(19)12(11(15)9-17-18)16-10-14(2,3)6-8-20-4/h1,9,16H,6-8,10H2,2-4H3. The Morgan fingerprint density at radius 2 is 2.30 bits per heavy atom. The summed E-state index contributed by atoms with van der Waals surface area (Å²) >= 11 is 6.02. The van der Waals surface area contributed by atoms with Crippen LogP contribution >= 0.6 is 11.6 Å². The number of anilines is 1. The van der Waals surface area contributed by atoms with Crippen LogP contribution in [0, 0.1) is 17.8 Å². The maximum atomic E-state index is 12.1. The van der Waals surface area contributed by atoms with Gasteiger partial charge in [-0.2, -0.15) is 5.10 Å². The number of nitrogens with one attached hydrogen (secondary N) is 1. The predicted molar refractivity (Wildman–Crippen MR) is 81.1 cm³/mol. The summed E-state index contributed by atoms with van der Waals surface area (Å²) in [5, 5.41) is 7.29. The number of nitrogens with zero attached hydrogens (tertiary/aromatic N) is 2. The second kappa shape index (κ2) is 7.32. The molecule has 0 bridgehead atoms. The van der Waals surface area contributed by atoms with Crippen molar-refractivity contribution < 1.29 is 4.74 Å². The van der Waals surface area contributed by atoms with Gasteiger partial charge < -0.3 is 10.1 Å². The van der Waals surface area contributed by atoms with E-state index >= 15 is 0 Å². The molecule has 0 fully saturated rings. The van der Waals surface area contributed by atoms with E-state index in [2.05, 4.69) is 30.2 Å². The second-order valence-electron chi connectivity index (χ2n) is 5.29. The van der Waals surface area contributed by atoms with Gasteiger partial charge >= 0.3 is 0 Å². The Balaban J connectivity index is 2.85. The molecule has 0 unspecified atom stereocenters. The third kappa shape index (κ3) is 4.55. The molecule has 110 valence electrons. The number of hydrogen-bond acceptors (Lipinski definition) is 4. The molecule has 0 aliphatic rings. The van der Waals surface area contributed by atoms with Crippen molar-refractivity contribution in [1.82, 2.24) is 9.78 Å². The number of methoxy groups -OCH3 is 1. The van der Waals surface area contributed by atoms with Crippen molar-refractivity contribution in [2.24, 2.45) is 5.41 Å². The van der Waals surface area contributed by atoms with Crippen molar-refractivity contribution in [3.63, 3.8) is 0 Å². The van der Waals surface area contributed by atoms with E-state index in [1.807, 2.05) is 0 Å². The molecule has 5 nitrogen and oxygen atoms in total. The van der Waals surface area contributed by atoms with Gasteiger partial charge in [-0.1, -0.05) is 31.4 Å². The molecule has 1 heterocycles. The van der Waals surface area contributed by atoms with Crippen molar-refractivity contribution in [2.45, 2.75) is 26.8 Å². The van der Waals surface area contributed by atoms with E-state index in [1.54, 1.807) is 7.11 Å². The van der Waals surface area contributed by atoms with E-state index in [4.69, 9.17) is 22.8 Å². The average molecular weight is 298 g/mol. The first kappa shape index (κ1) is 16.5. The van der Waals surface area contributed by atoms with Gasteiger partial charge in [0.05, 0.1) is 11.2 Å². The summed E-state index contributed by atoms with van der Waals surface area (Å²) in [4.78, 5) is 12.1. The third-order valence-corrected chi connectivity index (χ3v) is 3.25. The predicted octanol–water partition coefficient (Wildman–Crippen LogP) is 2.00. The van der Waals surface area contributed by atoms with Crippen LogP contribution in [0.4, 0.5) is 5.69 Å². The van der Waals surface area contributed by atoms with Gasteiger partial charge in [0, 0.05) is 20.3 Å². The highest BCUT2D eigenvalue weighted by Gasteiger charge is 2.19. The zero-order valence-corrected chi connectivity index (χ0v) is 12.8. The van der Waals surface area contributed by atoms with E-state index in [9.17, 15) is 4.79 Å². The molecule has 0 saturated carbocycles. The monoisotopic (exact) mass is 297 g/mol. The maximum Gasteiger partial charge on any atom is 0.292 e. The van der Waals surface area contributed by atoms with Gasteiger partial charge in [0.2, 0.25) is 0 Å². The van der Waals surface area contributed by atoms with Crippen molar-refractivity contribution >= 4 is 17.3 Å². The van der Waals surface area contributed by atoms with Crippen LogP contribution in [0.5, 0.6) is 0 Å². The first-order chi connectivity index (χ1) is 9.41. The van der Waals surface area contributed by atoms with Crippen LogP contribution in [0.25, 0.3) is 0 Å². The van der Waals surface area contributed by atoms with Crippen LogP contribution < -0.4 is 10.9 Å². The molecule has 6 heteroatoms. The summed E-state index contributed by atoms with van der Waals surface area (Å²) in [6, 6.07) is 0. The van der Waals surface area contributed by atoms with Crippen LogP contribution in [0.2, 0.25) is 5.02 Å². The molecule has 1 rings (SSSR count). The Hall–Kier alpha value is -1.51. The topological polar surface area (TPSA) is 56.1 Å². The van der Waals surface area contributed by atoms with Crippen molar-refractivity contribution in [2.75, 3.05) is 25.6 Å². The summed E-state index contributed by atoms with van der Waals surface area (Å²) in [6.45, 7) is 5.57. The lowest BCUT2D eigenvalue weighted by Gasteiger charge is -2.25. The van der Waals surface area contributed by atoms with Gasteiger partial charge in [-0.05, 0) is 11.8 Å². The van der Waals surface area contributed by atoms with Gasteiger partial charge in [0.15, 0.2) is 0 Å². The van der Waals surface area contributed by atoms with Crippen molar-refractivity contribution in [3.8, 4) is 12.3 Å². The molecule has 0 spiro atoms. The highest BCUT2D eigenvalue weighted by molar-refractivity contribution is 6.32. The van der Waals surface area contributed by atoms with Crippen LogP contribution in [-0.4, -0.2) is 30.0 Å². The Morgan fingerprint density at radius 1 is 1.60 bits per heavy atom. The number of hydrogen-bond donors (Lipinski definition) is 1. The fraction of sp³-hybridized carbons (Fsp3) is 0.571. The minimum absolute atomic E-state index is 0.0218. The van der Waals surface area contributed by atoms with Gasteiger partial charge in [-0.15, -0.1) is 6.42 Å². The summed E-state index contributed by atoms with van der Waals surface area (Å²) < 4.78 is 6.28. The first-order valence-electron chi connectivity index (χ1n) is 6.33.